The zero-order valence-electron chi connectivity index (χ0n) is 12.9. The molecule has 0 saturated heterocycles. The molecule has 3 N–H and O–H groups in total. The Balaban J connectivity index is 2.65. The van der Waals surface area contributed by atoms with Gasteiger partial charge in [0.05, 0.1) is 22.6 Å². The molecular formula is C14H11BrF5N3O2S. The van der Waals surface area contributed by atoms with Crippen LogP contribution in [0.5, 0.6) is 0 Å². The molecule has 2 rings (SSSR count). The molecule has 0 unspecified atom stereocenters. The van der Waals surface area contributed by atoms with E-state index in [0.717, 1.165) is 13.1 Å². The summed E-state index contributed by atoms with van der Waals surface area (Å²) in [7, 11) is -3.39. The van der Waals surface area contributed by atoms with E-state index in [2.05, 4.69) is 21.2 Å². The van der Waals surface area contributed by atoms with Gasteiger partial charge in [-0.1, -0.05) is 15.9 Å². The zero-order chi connectivity index (χ0) is 19.7. The first-order chi connectivity index (χ1) is 11.9. The Labute approximate surface area is 153 Å². The summed E-state index contributed by atoms with van der Waals surface area (Å²) in [6.07, 6.45) is -5.07. The second-order valence-electron chi connectivity index (χ2n) is 4.93. The van der Waals surface area contributed by atoms with Crippen molar-refractivity contribution in [3.8, 4) is 0 Å². The molecule has 0 radical (unpaired) electrons. The van der Waals surface area contributed by atoms with E-state index < -0.39 is 45.0 Å². The van der Waals surface area contributed by atoms with E-state index in [9.17, 15) is 30.4 Å². The van der Waals surface area contributed by atoms with Crippen molar-refractivity contribution in [2.75, 3.05) is 17.1 Å². The Morgan fingerprint density at radius 2 is 1.69 bits per heavy atom. The number of hydrogen-bond acceptors (Lipinski definition) is 3. The van der Waals surface area contributed by atoms with Crippen LogP contribution in [0.25, 0.3) is 0 Å². The molecule has 2 aromatic rings. The van der Waals surface area contributed by atoms with Crippen molar-refractivity contribution >= 4 is 43.2 Å². The highest BCUT2D eigenvalue weighted by atomic mass is 79.9. The number of rotatable bonds is 5. The highest BCUT2D eigenvalue weighted by molar-refractivity contribution is 9.10. The Bertz CT molecular complexity index is 935. The lowest BCUT2D eigenvalue weighted by Crippen LogP contribution is -2.28. The summed E-state index contributed by atoms with van der Waals surface area (Å²) in [5.74, 6) is -2.13. The predicted octanol–water partition coefficient (Wildman–Crippen LogP) is 4.37. The third-order valence-corrected chi connectivity index (χ3v) is 4.62. The van der Waals surface area contributed by atoms with Gasteiger partial charge >= 0.3 is 6.18 Å². The summed E-state index contributed by atoms with van der Waals surface area (Å²) in [5, 5.41) is 2.28. The number of alkyl halides is 3. The number of benzene rings is 2. The molecule has 0 bridgehead atoms. The van der Waals surface area contributed by atoms with Crippen LogP contribution in [-0.2, 0) is 16.4 Å². The minimum absolute atomic E-state index is 0.136. The maximum atomic E-state index is 13.9. The maximum Gasteiger partial charge on any atom is 0.418 e. The van der Waals surface area contributed by atoms with Gasteiger partial charge in [0.2, 0.25) is 0 Å². The van der Waals surface area contributed by atoms with Gasteiger partial charge in [0.1, 0.15) is 11.6 Å². The van der Waals surface area contributed by atoms with E-state index in [1.54, 1.807) is 9.44 Å². The van der Waals surface area contributed by atoms with Gasteiger partial charge < -0.3 is 5.32 Å². The van der Waals surface area contributed by atoms with E-state index >= 15 is 0 Å². The molecule has 0 atom stereocenters. The maximum absolute atomic E-state index is 13.9. The van der Waals surface area contributed by atoms with Gasteiger partial charge in [0.25, 0.3) is 10.2 Å². The van der Waals surface area contributed by atoms with E-state index in [0.29, 0.717) is 10.5 Å². The first-order valence-corrected chi connectivity index (χ1v) is 9.04. The third kappa shape index (κ3) is 4.83. The average Bonchev–Trinajstić information content (AvgIpc) is 2.51. The summed E-state index contributed by atoms with van der Waals surface area (Å²) < 4.78 is 94.5. The normalized spacial score (nSPS) is 12.1. The van der Waals surface area contributed by atoms with Crippen LogP contribution >= 0.6 is 15.9 Å². The van der Waals surface area contributed by atoms with Gasteiger partial charge in [0.15, 0.2) is 0 Å². The number of anilines is 3. The van der Waals surface area contributed by atoms with Crippen LogP contribution in [-0.4, -0.2) is 15.5 Å². The Hall–Kier alpha value is -1.92. The van der Waals surface area contributed by atoms with Crippen molar-refractivity contribution in [1.29, 1.82) is 0 Å². The van der Waals surface area contributed by atoms with Gasteiger partial charge in [-0.2, -0.15) is 21.6 Å². The molecule has 2 aromatic carbocycles. The minimum atomic E-state index is -5.07. The average molecular weight is 460 g/mol. The van der Waals surface area contributed by atoms with Gasteiger partial charge in [0, 0.05) is 11.5 Å². The van der Waals surface area contributed by atoms with Crippen LogP contribution in [0.3, 0.4) is 0 Å². The first kappa shape index (κ1) is 20.4. The molecule has 0 heterocycles. The summed E-state index contributed by atoms with van der Waals surface area (Å²) >= 11 is 3.02. The van der Waals surface area contributed by atoms with Crippen LogP contribution in [0.2, 0.25) is 0 Å². The molecule has 0 saturated carbocycles. The molecule has 0 aliphatic rings. The van der Waals surface area contributed by atoms with Crippen LogP contribution in [0.4, 0.5) is 39.0 Å². The summed E-state index contributed by atoms with van der Waals surface area (Å²) in [6, 6.07) is 4.37. The molecule has 5 nitrogen and oxygen atoms in total. The van der Waals surface area contributed by atoms with E-state index in [1.807, 2.05) is 0 Å². The minimum Gasteiger partial charge on any atom is -0.351 e. The van der Waals surface area contributed by atoms with Crippen molar-refractivity contribution in [1.82, 2.24) is 4.72 Å². The van der Waals surface area contributed by atoms with Gasteiger partial charge in [-0.25, -0.2) is 13.5 Å². The van der Waals surface area contributed by atoms with Crippen LogP contribution < -0.4 is 14.8 Å². The van der Waals surface area contributed by atoms with Gasteiger partial charge in [-0.05, 0) is 30.3 Å². The van der Waals surface area contributed by atoms with Crippen molar-refractivity contribution < 1.29 is 30.4 Å². The molecule has 12 heteroatoms. The van der Waals surface area contributed by atoms with Crippen molar-refractivity contribution in [2.45, 2.75) is 6.18 Å². The molecule has 0 aromatic heterocycles. The smallest absolute Gasteiger partial charge is 0.351 e. The molecular weight excluding hydrogens is 449 g/mol. The highest BCUT2D eigenvalue weighted by Gasteiger charge is 2.36. The van der Waals surface area contributed by atoms with Crippen LogP contribution in [0.15, 0.2) is 34.8 Å². The Morgan fingerprint density at radius 3 is 2.23 bits per heavy atom. The van der Waals surface area contributed by atoms with Crippen LogP contribution in [0.1, 0.15) is 5.56 Å². The lowest BCUT2D eigenvalue weighted by atomic mass is 10.1. The van der Waals surface area contributed by atoms with E-state index in [1.165, 1.54) is 12.1 Å². The monoisotopic (exact) mass is 459 g/mol. The number of nitrogens with one attached hydrogen (secondary N) is 3. The fourth-order valence-corrected chi connectivity index (χ4v) is 2.88. The lowest BCUT2D eigenvalue weighted by molar-refractivity contribution is -0.137. The molecule has 0 amide bonds. The molecule has 0 fully saturated rings. The SMILES string of the molecule is CNS(=O)(=O)Nc1c(Nc2ccc(Br)cc2F)cc(F)cc1C(F)(F)F. The van der Waals surface area contributed by atoms with E-state index in [4.69, 9.17) is 0 Å². The molecule has 142 valence electrons. The van der Waals surface area contributed by atoms with Gasteiger partial charge in [-0.15, -0.1) is 0 Å². The van der Waals surface area contributed by atoms with Crippen molar-refractivity contribution in [3.63, 3.8) is 0 Å². The number of halogens is 6. The molecule has 0 aliphatic heterocycles. The second kappa shape index (κ2) is 7.37. The number of hydrogen-bond donors (Lipinski definition) is 3. The summed E-state index contributed by atoms with van der Waals surface area (Å²) in [5.41, 5.74) is -3.44. The lowest BCUT2D eigenvalue weighted by Gasteiger charge is -2.19. The fourth-order valence-electron chi connectivity index (χ4n) is 1.96. The second-order valence-corrected chi connectivity index (χ2v) is 7.47. The fraction of sp³-hybridized carbons (Fsp3) is 0.143. The summed E-state index contributed by atoms with van der Waals surface area (Å²) in [4.78, 5) is 0. The zero-order valence-corrected chi connectivity index (χ0v) is 15.3. The topological polar surface area (TPSA) is 70.2 Å². The van der Waals surface area contributed by atoms with Crippen molar-refractivity contribution in [2.24, 2.45) is 0 Å². The predicted molar refractivity (Wildman–Crippen MR) is 90.4 cm³/mol. The molecule has 0 spiro atoms. The highest BCUT2D eigenvalue weighted by Crippen LogP contribution is 2.41. The largest absolute Gasteiger partial charge is 0.418 e. The molecule has 0 aliphatic carbocycles. The van der Waals surface area contributed by atoms with Crippen molar-refractivity contribution in [3.05, 3.63) is 52.0 Å². The Kier molecular flexibility index (Phi) is 5.78. The van der Waals surface area contributed by atoms with Crippen LogP contribution in [0, 0.1) is 11.6 Å². The first-order valence-electron chi connectivity index (χ1n) is 6.77. The quantitative estimate of drug-likeness (QED) is 0.581. The summed E-state index contributed by atoms with van der Waals surface area (Å²) in [6.45, 7) is 0. The van der Waals surface area contributed by atoms with Gasteiger partial charge in [-0.3, -0.25) is 4.72 Å². The molecule has 26 heavy (non-hydrogen) atoms. The standard InChI is InChI=1S/C14H11BrF5N3O2S/c1-21-26(24,25)23-13-9(14(18,19)20)5-8(16)6-12(13)22-11-3-2-7(15)4-10(11)17/h2-6,21-23H,1H3. The third-order valence-electron chi connectivity index (χ3n) is 3.11. The van der Waals surface area contributed by atoms with E-state index in [-0.39, 0.29) is 11.8 Å². The Morgan fingerprint density at radius 1 is 1.04 bits per heavy atom.